The molecule has 0 bridgehead atoms. The van der Waals surface area contributed by atoms with Crippen LogP contribution in [0.1, 0.15) is 18.4 Å². The summed E-state index contributed by atoms with van der Waals surface area (Å²) >= 11 is 0. The zero-order chi connectivity index (χ0) is 12.8. The van der Waals surface area contributed by atoms with E-state index in [0.29, 0.717) is 6.61 Å². The van der Waals surface area contributed by atoms with Crippen molar-refractivity contribution in [2.24, 2.45) is 0 Å². The molecule has 0 aliphatic carbocycles. The fourth-order valence-electron chi connectivity index (χ4n) is 1.70. The predicted octanol–water partition coefficient (Wildman–Crippen LogP) is 1.60. The summed E-state index contributed by atoms with van der Waals surface area (Å²) < 4.78 is 7.72. The van der Waals surface area contributed by atoms with E-state index in [9.17, 15) is 0 Å². The Hall–Kier alpha value is -1.88. The van der Waals surface area contributed by atoms with Gasteiger partial charge in [0.1, 0.15) is 18.2 Å². The highest BCUT2D eigenvalue weighted by molar-refractivity contribution is 5.20. The van der Waals surface area contributed by atoms with E-state index in [4.69, 9.17) is 4.74 Å². The van der Waals surface area contributed by atoms with Gasteiger partial charge in [-0.1, -0.05) is 0 Å². The van der Waals surface area contributed by atoms with Crippen LogP contribution < -0.4 is 10.1 Å². The van der Waals surface area contributed by atoms with Gasteiger partial charge in [-0.15, -0.1) is 0 Å². The molecule has 0 radical (unpaired) electrons. The smallest absolute Gasteiger partial charge is 0.146 e. The average molecular weight is 246 g/mol. The number of nitrogens with one attached hydrogen (secondary N) is 1. The average Bonchev–Trinajstić information content (AvgIpc) is 2.86. The lowest BCUT2D eigenvalue weighted by Gasteiger charge is -2.07. The molecule has 2 heterocycles. The standard InChI is InChI=1S/C13H18N4O/c1-3-17-7-6-15-13(17)10-18-12-5-4-11(8-14-2)16-9-12/h4-7,9,14H,3,8,10H2,1-2H3. The van der Waals surface area contributed by atoms with Crippen LogP contribution in [0.5, 0.6) is 5.75 Å². The number of aromatic nitrogens is 3. The van der Waals surface area contributed by atoms with E-state index in [1.807, 2.05) is 25.4 Å². The lowest BCUT2D eigenvalue weighted by molar-refractivity contribution is 0.288. The number of aryl methyl sites for hydroxylation is 1. The number of ether oxygens (including phenoxy) is 1. The summed E-state index contributed by atoms with van der Waals surface area (Å²) in [6.07, 6.45) is 5.48. The summed E-state index contributed by atoms with van der Waals surface area (Å²) in [5.41, 5.74) is 1.000. The SMILES string of the molecule is CCn1ccnc1COc1ccc(CNC)nc1. The molecule has 0 amide bonds. The number of hydrogen-bond acceptors (Lipinski definition) is 4. The minimum absolute atomic E-state index is 0.466. The molecule has 2 rings (SSSR count). The fraction of sp³-hybridized carbons (Fsp3) is 0.385. The van der Waals surface area contributed by atoms with E-state index in [-0.39, 0.29) is 0 Å². The van der Waals surface area contributed by atoms with Gasteiger partial charge in [0.25, 0.3) is 0 Å². The third kappa shape index (κ3) is 3.07. The zero-order valence-corrected chi connectivity index (χ0v) is 10.8. The van der Waals surface area contributed by atoms with E-state index in [0.717, 1.165) is 30.4 Å². The van der Waals surface area contributed by atoms with E-state index in [1.54, 1.807) is 12.4 Å². The highest BCUT2D eigenvalue weighted by Gasteiger charge is 2.02. The molecule has 0 saturated carbocycles. The number of rotatable bonds is 6. The maximum Gasteiger partial charge on any atom is 0.146 e. The van der Waals surface area contributed by atoms with Gasteiger partial charge in [-0.05, 0) is 26.1 Å². The number of nitrogens with zero attached hydrogens (tertiary/aromatic N) is 3. The molecule has 1 N–H and O–H groups in total. The Morgan fingerprint density at radius 3 is 2.89 bits per heavy atom. The van der Waals surface area contributed by atoms with Crippen molar-refractivity contribution in [3.63, 3.8) is 0 Å². The Morgan fingerprint density at radius 1 is 1.33 bits per heavy atom. The van der Waals surface area contributed by atoms with Crippen LogP contribution in [0, 0.1) is 0 Å². The number of imidazole rings is 1. The van der Waals surface area contributed by atoms with Gasteiger partial charge < -0.3 is 14.6 Å². The van der Waals surface area contributed by atoms with Gasteiger partial charge in [0.05, 0.1) is 11.9 Å². The minimum atomic E-state index is 0.466. The first-order valence-electron chi connectivity index (χ1n) is 6.05. The van der Waals surface area contributed by atoms with Crippen LogP contribution in [0.15, 0.2) is 30.7 Å². The molecule has 5 nitrogen and oxygen atoms in total. The van der Waals surface area contributed by atoms with E-state index in [2.05, 4.69) is 26.8 Å². The molecule has 0 unspecified atom stereocenters. The molecular formula is C13H18N4O. The van der Waals surface area contributed by atoms with Gasteiger partial charge in [0.15, 0.2) is 0 Å². The van der Waals surface area contributed by atoms with Crippen molar-refractivity contribution in [3.05, 3.63) is 42.2 Å². The summed E-state index contributed by atoms with van der Waals surface area (Å²) in [5, 5.41) is 3.06. The first-order valence-corrected chi connectivity index (χ1v) is 6.05. The summed E-state index contributed by atoms with van der Waals surface area (Å²) in [6.45, 7) is 4.21. The van der Waals surface area contributed by atoms with Crippen molar-refractivity contribution in [2.75, 3.05) is 7.05 Å². The van der Waals surface area contributed by atoms with Crippen LogP contribution in [0.2, 0.25) is 0 Å². The van der Waals surface area contributed by atoms with Crippen molar-refractivity contribution in [1.29, 1.82) is 0 Å². The maximum absolute atomic E-state index is 5.66. The Bertz CT molecular complexity index is 478. The number of hydrogen-bond donors (Lipinski definition) is 1. The topological polar surface area (TPSA) is 52.0 Å². The molecule has 0 aromatic carbocycles. The zero-order valence-electron chi connectivity index (χ0n) is 10.8. The third-order valence-electron chi connectivity index (χ3n) is 2.67. The minimum Gasteiger partial charge on any atom is -0.484 e. The molecule has 5 heteroatoms. The molecule has 0 saturated heterocycles. The Labute approximate surface area is 107 Å². The van der Waals surface area contributed by atoms with Crippen LogP contribution in [0.3, 0.4) is 0 Å². The van der Waals surface area contributed by atoms with Crippen LogP contribution >= 0.6 is 0 Å². The van der Waals surface area contributed by atoms with Gasteiger partial charge in [0.2, 0.25) is 0 Å². The first-order chi connectivity index (χ1) is 8.83. The summed E-state index contributed by atoms with van der Waals surface area (Å²) in [4.78, 5) is 8.55. The van der Waals surface area contributed by atoms with Crippen LogP contribution in [0.4, 0.5) is 0 Å². The van der Waals surface area contributed by atoms with Crippen molar-refractivity contribution < 1.29 is 4.74 Å². The highest BCUT2D eigenvalue weighted by atomic mass is 16.5. The molecule has 0 spiro atoms. The Kier molecular flexibility index (Phi) is 4.30. The van der Waals surface area contributed by atoms with Crippen LogP contribution in [-0.4, -0.2) is 21.6 Å². The lowest BCUT2D eigenvalue weighted by atomic mass is 10.3. The molecule has 0 atom stereocenters. The van der Waals surface area contributed by atoms with Gasteiger partial charge >= 0.3 is 0 Å². The Morgan fingerprint density at radius 2 is 2.22 bits per heavy atom. The van der Waals surface area contributed by atoms with E-state index >= 15 is 0 Å². The largest absolute Gasteiger partial charge is 0.484 e. The molecule has 96 valence electrons. The monoisotopic (exact) mass is 246 g/mol. The molecule has 2 aromatic rings. The van der Waals surface area contributed by atoms with E-state index in [1.165, 1.54) is 0 Å². The van der Waals surface area contributed by atoms with Gasteiger partial charge in [0, 0.05) is 25.5 Å². The molecule has 18 heavy (non-hydrogen) atoms. The second kappa shape index (κ2) is 6.16. The quantitative estimate of drug-likeness (QED) is 0.841. The van der Waals surface area contributed by atoms with Crippen LogP contribution in [0.25, 0.3) is 0 Å². The Balaban J connectivity index is 1.94. The first kappa shape index (κ1) is 12.6. The second-order valence-corrected chi connectivity index (χ2v) is 3.93. The lowest BCUT2D eigenvalue weighted by Crippen LogP contribution is -2.07. The van der Waals surface area contributed by atoms with Crippen molar-refractivity contribution in [2.45, 2.75) is 26.6 Å². The summed E-state index contributed by atoms with van der Waals surface area (Å²) in [6, 6.07) is 3.89. The fourth-order valence-corrected chi connectivity index (χ4v) is 1.70. The van der Waals surface area contributed by atoms with Crippen molar-refractivity contribution >= 4 is 0 Å². The summed E-state index contributed by atoms with van der Waals surface area (Å²) in [5.74, 6) is 1.69. The molecule has 0 fully saturated rings. The number of pyridine rings is 1. The predicted molar refractivity (Wildman–Crippen MR) is 69.2 cm³/mol. The molecular weight excluding hydrogens is 228 g/mol. The van der Waals surface area contributed by atoms with Crippen LogP contribution in [-0.2, 0) is 19.7 Å². The van der Waals surface area contributed by atoms with Crippen molar-refractivity contribution in [3.8, 4) is 5.75 Å². The van der Waals surface area contributed by atoms with Crippen molar-refractivity contribution in [1.82, 2.24) is 19.9 Å². The normalized spacial score (nSPS) is 10.6. The second-order valence-electron chi connectivity index (χ2n) is 3.93. The molecule has 0 aliphatic rings. The maximum atomic E-state index is 5.66. The van der Waals surface area contributed by atoms with E-state index < -0.39 is 0 Å². The third-order valence-corrected chi connectivity index (χ3v) is 2.67. The van der Waals surface area contributed by atoms with Gasteiger partial charge in [-0.25, -0.2) is 4.98 Å². The highest BCUT2D eigenvalue weighted by Crippen LogP contribution is 2.11. The summed E-state index contributed by atoms with van der Waals surface area (Å²) in [7, 11) is 1.90. The molecule has 2 aromatic heterocycles. The van der Waals surface area contributed by atoms with Gasteiger partial charge in [-0.2, -0.15) is 0 Å². The van der Waals surface area contributed by atoms with Gasteiger partial charge in [-0.3, -0.25) is 4.98 Å². The molecule has 0 aliphatic heterocycles.